The van der Waals surface area contributed by atoms with Crippen molar-refractivity contribution in [2.45, 2.75) is 51.6 Å². The molecule has 0 fully saturated rings. The fourth-order valence-corrected chi connectivity index (χ4v) is 4.20. The molecule has 0 unspecified atom stereocenters. The lowest BCUT2D eigenvalue weighted by Crippen LogP contribution is -2.50. The quantitative estimate of drug-likeness (QED) is 0.240. The zero-order valence-electron chi connectivity index (χ0n) is 22.2. The number of ether oxygens (including phenoxy) is 2. The topological polar surface area (TPSA) is 67.9 Å². The molecule has 2 amide bonds. The van der Waals surface area contributed by atoms with Crippen LogP contribution in [0.25, 0.3) is 0 Å². The van der Waals surface area contributed by atoms with E-state index in [-0.39, 0.29) is 18.2 Å². The van der Waals surface area contributed by atoms with Gasteiger partial charge in [0.05, 0.1) is 13.7 Å². The van der Waals surface area contributed by atoms with Gasteiger partial charge in [0.2, 0.25) is 11.8 Å². The van der Waals surface area contributed by atoms with Crippen LogP contribution in [0.3, 0.4) is 0 Å². The van der Waals surface area contributed by atoms with Gasteiger partial charge < -0.3 is 19.7 Å². The van der Waals surface area contributed by atoms with E-state index in [4.69, 9.17) is 21.1 Å². The van der Waals surface area contributed by atoms with Crippen LogP contribution in [-0.4, -0.2) is 43.0 Å². The van der Waals surface area contributed by atoms with E-state index in [1.54, 1.807) is 24.1 Å². The highest BCUT2D eigenvalue weighted by molar-refractivity contribution is 6.30. The van der Waals surface area contributed by atoms with Crippen molar-refractivity contribution < 1.29 is 19.1 Å². The van der Waals surface area contributed by atoms with Gasteiger partial charge in [-0.15, -0.1) is 0 Å². The van der Waals surface area contributed by atoms with Crippen molar-refractivity contribution >= 4 is 23.4 Å². The van der Waals surface area contributed by atoms with Crippen molar-refractivity contribution in [3.63, 3.8) is 0 Å². The lowest BCUT2D eigenvalue weighted by molar-refractivity contribution is -0.141. The Morgan fingerprint density at radius 2 is 1.58 bits per heavy atom. The van der Waals surface area contributed by atoms with Crippen molar-refractivity contribution in [2.24, 2.45) is 0 Å². The maximum atomic E-state index is 13.6. The minimum absolute atomic E-state index is 0.0927. The third kappa shape index (κ3) is 9.42. The van der Waals surface area contributed by atoms with E-state index in [0.29, 0.717) is 43.3 Å². The molecule has 0 saturated heterocycles. The summed E-state index contributed by atoms with van der Waals surface area (Å²) in [5, 5.41) is 3.67. The number of methoxy groups -OCH3 is 1. The summed E-state index contributed by atoms with van der Waals surface area (Å²) in [7, 11) is 1.62. The van der Waals surface area contributed by atoms with Crippen LogP contribution in [0.1, 0.15) is 43.7 Å². The SMILES string of the molecule is CCCCNC(=O)[C@H](Cc1ccccc1)N(Cc1ccc(Cl)cc1)C(=O)CCCOc1ccc(OC)cc1. The highest BCUT2D eigenvalue weighted by Crippen LogP contribution is 2.20. The minimum Gasteiger partial charge on any atom is -0.497 e. The lowest BCUT2D eigenvalue weighted by Gasteiger charge is -2.31. The first kappa shape index (κ1) is 29.1. The van der Waals surface area contributed by atoms with Gasteiger partial charge in [0.1, 0.15) is 17.5 Å². The number of amides is 2. The van der Waals surface area contributed by atoms with Crippen LogP contribution in [-0.2, 0) is 22.6 Å². The highest BCUT2D eigenvalue weighted by Gasteiger charge is 2.30. The van der Waals surface area contributed by atoms with Crippen LogP contribution in [0.2, 0.25) is 5.02 Å². The Hall–Kier alpha value is -3.51. The Morgan fingerprint density at radius 1 is 0.895 bits per heavy atom. The van der Waals surface area contributed by atoms with Crippen molar-refractivity contribution in [3.05, 3.63) is 95.0 Å². The Bertz CT molecular complexity index is 1120. The van der Waals surface area contributed by atoms with Crippen LogP contribution >= 0.6 is 11.6 Å². The van der Waals surface area contributed by atoms with Crippen LogP contribution in [0, 0.1) is 0 Å². The van der Waals surface area contributed by atoms with E-state index in [1.807, 2.05) is 66.7 Å². The summed E-state index contributed by atoms with van der Waals surface area (Å²) in [5.41, 5.74) is 1.91. The molecule has 3 rings (SSSR count). The van der Waals surface area contributed by atoms with Gasteiger partial charge in [-0.25, -0.2) is 0 Å². The minimum atomic E-state index is -0.639. The normalized spacial score (nSPS) is 11.4. The zero-order valence-corrected chi connectivity index (χ0v) is 23.0. The summed E-state index contributed by atoms with van der Waals surface area (Å²) in [5.74, 6) is 1.24. The molecule has 3 aromatic carbocycles. The summed E-state index contributed by atoms with van der Waals surface area (Å²) in [6, 6.07) is 23.9. The first-order valence-electron chi connectivity index (χ1n) is 13.1. The van der Waals surface area contributed by atoms with E-state index in [0.717, 1.165) is 29.7 Å². The Kier molecular flexibility index (Phi) is 12.0. The molecule has 0 bridgehead atoms. The summed E-state index contributed by atoms with van der Waals surface area (Å²) in [6.07, 6.45) is 3.08. The van der Waals surface area contributed by atoms with Gasteiger partial charge in [0, 0.05) is 31.0 Å². The monoisotopic (exact) mass is 536 g/mol. The van der Waals surface area contributed by atoms with Crippen LogP contribution in [0.15, 0.2) is 78.9 Å². The first-order chi connectivity index (χ1) is 18.5. The van der Waals surface area contributed by atoms with Crippen molar-refractivity contribution in [3.8, 4) is 11.5 Å². The standard InChI is InChI=1S/C31H37ClN2O4/c1-3-4-20-33-31(36)29(22-24-9-6-5-7-10-24)34(23-25-12-14-26(32)15-13-25)30(35)11-8-21-38-28-18-16-27(37-2)17-19-28/h5-7,9-10,12-19,29H,3-4,8,11,20-23H2,1-2H3,(H,33,36)/t29-/m0/s1. The van der Waals surface area contributed by atoms with Crippen LogP contribution < -0.4 is 14.8 Å². The van der Waals surface area contributed by atoms with Crippen LogP contribution in [0.4, 0.5) is 0 Å². The molecule has 0 aliphatic carbocycles. The number of rotatable bonds is 15. The number of nitrogens with one attached hydrogen (secondary N) is 1. The largest absolute Gasteiger partial charge is 0.497 e. The van der Waals surface area contributed by atoms with Gasteiger partial charge in [0.25, 0.3) is 0 Å². The molecule has 0 heterocycles. The summed E-state index contributed by atoms with van der Waals surface area (Å²) in [4.78, 5) is 28.7. The molecule has 38 heavy (non-hydrogen) atoms. The second-order valence-corrected chi connectivity index (χ2v) is 9.56. The van der Waals surface area contributed by atoms with Crippen molar-refractivity contribution in [2.75, 3.05) is 20.3 Å². The average Bonchev–Trinajstić information content (AvgIpc) is 2.95. The smallest absolute Gasteiger partial charge is 0.243 e. The molecule has 6 nitrogen and oxygen atoms in total. The van der Waals surface area contributed by atoms with Gasteiger partial charge >= 0.3 is 0 Å². The van der Waals surface area contributed by atoms with Gasteiger partial charge in [-0.2, -0.15) is 0 Å². The number of hydrogen-bond donors (Lipinski definition) is 1. The van der Waals surface area contributed by atoms with Crippen molar-refractivity contribution in [1.29, 1.82) is 0 Å². The number of benzene rings is 3. The van der Waals surface area contributed by atoms with Gasteiger partial charge in [-0.3, -0.25) is 9.59 Å². The third-order valence-electron chi connectivity index (χ3n) is 6.23. The number of carbonyl (C=O) groups is 2. The maximum absolute atomic E-state index is 13.6. The molecular weight excluding hydrogens is 500 g/mol. The number of nitrogens with zero attached hydrogens (tertiary/aromatic N) is 1. The molecule has 1 atom stereocenters. The van der Waals surface area contributed by atoms with E-state index in [2.05, 4.69) is 12.2 Å². The van der Waals surface area contributed by atoms with E-state index < -0.39 is 6.04 Å². The van der Waals surface area contributed by atoms with E-state index in [9.17, 15) is 9.59 Å². The molecule has 1 N–H and O–H groups in total. The maximum Gasteiger partial charge on any atom is 0.243 e. The van der Waals surface area contributed by atoms with Gasteiger partial charge in [-0.05, 0) is 60.4 Å². The Balaban J connectivity index is 1.75. The molecule has 202 valence electrons. The van der Waals surface area contributed by atoms with Gasteiger partial charge in [0.15, 0.2) is 0 Å². The number of carbonyl (C=O) groups excluding carboxylic acids is 2. The molecule has 3 aromatic rings. The third-order valence-corrected chi connectivity index (χ3v) is 6.48. The second-order valence-electron chi connectivity index (χ2n) is 9.13. The molecule has 0 spiro atoms. The molecule has 0 aliphatic rings. The summed E-state index contributed by atoms with van der Waals surface area (Å²) in [6.45, 7) is 3.37. The Labute approximate surface area is 230 Å². The molecule has 0 aromatic heterocycles. The lowest BCUT2D eigenvalue weighted by atomic mass is 10.0. The number of hydrogen-bond acceptors (Lipinski definition) is 4. The molecule has 7 heteroatoms. The molecule has 0 aliphatic heterocycles. The first-order valence-corrected chi connectivity index (χ1v) is 13.5. The predicted octanol–water partition coefficient (Wildman–Crippen LogP) is 6.06. The second kappa shape index (κ2) is 15.7. The van der Waals surface area contributed by atoms with Crippen LogP contribution in [0.5, 0.6) is 11.5 Å². The van der Waals surface area contributed by atoms with Gasteiger partial charge in [-0.1, -0.05) is 67.4 Å². The number of halogens is 1. The summed E-state index contributed by atoms with van der Waals surface area (Å²) >= 11 is 6.09. The van der Waals surface area contributed by atoms with E-state index >= 15 is 0 Å². The Morgan fingerprint density at radius 3 is 2.24 bits per heavy atom. The average molecular weight is 537 g/mol. The predicted molar refractivity (Wildman–Crippen MR) is 152 cm³/mol. The fraction of sp³-hybridized carbons (Fsp3) is 0.355. The van der Waals surface area contributed by atoms with E-state index in [1.165, 1.54) is 0 Å². The molecular formula is C31H37ClN2O4. The fourth-order valence-electron chi connectivity index (χ4n) is 4.08. The van der Waals surface area contributed by atoms with Crippen molar-refractivity contribution in [1.82, 2.24) is 10.2 Å². The highest BCUT2D eigenvalue weighted by atomic mass is 35.5. The zero-order chi connectivity index (χ0) is 27.2. The molecule has 0 saturated carbocycles. The summed E-state index contributed by atoms with van der Waals surface area (Å²) < 4.78 is 11.0. The molecule has 0 radical (unpaired) electrons. The number of unbranched alkanes of at least 4 members (excludes halogenated alkanes) is 1.